The second-order valence-electron chi connectivity index (χ2n) is 3.44. The minimum Gasteiger partial charge on any atom is -0.346 e. The highest BCUT2D eigenvalue weighted by Crippen LogP contribution is 2.31. The molecule has 0 saturated heterocycles. The molecule has 0 saturated carbocycles. The molecule has 0 aliphatic carbocycles. The largest absolute Gasteiger partial charge is 0.346 e. The molecule has 0 aliphatic rings. The SMILES string of the molecule is Clc1c(-c2ccccn2)cnc2[nH]ccc12. The summed E-state index contributed by atoms with van der Waals surface area (Å²) >= 11 is 6.32. The topological polar surface area (TPSA) is 41.6 Å². The van der Waals surface area contributed by atoms with Gasteiger partial charge in [-0.2, -0.15) is 0 Å². The van der Waals surface area contributed by atoms with Gasteiger partial charge in [-0.1, -0.05) is 17.7 Å². The molecule has 0 aliphatic heterocycles. The first-order valence-electron chi connectivity index (χ1n) is 4.89. The Morgan fingerprint density at radius 1 is 1.12 bits per heavy atom. The highest BCUT2D eigenvalue weighted by molar-refractivity contribution is 6.37. The van der Waals surface area contributed by atoms with Gasteiger partial charge < -0.3 is 4.98 Å². The molecule has 0 unspecified atom stereocenters. The average molecular weight is 230 g/mol. The fraction of sp³-hybridized carbons (Fsp3) is 0. The smallest absolute Gasteiger partial charge is 0.138 e. The average Bonchev–Trinajstić information content (AvgIpc) is 2.80. The van der Waals surface area contributed by atoms with Crippen LogP contribution in [0.1, 0.15) is 0 Å². The number of nitrogens with one attached hydrogen (secondary N) is 1. The molecule has 0 fully saturated rings. The summed E-state index contributed by atoms with van der Waals surface area (Å²) in [6, 6.07) is 7.64. The first-order valence-corrected chi connectivity index (χ1v) is 5.27. The Morgan fingerprint density at radius 2 is 2.06 bits per heavy atom. The second-order valence-corrected chi connectivity index (χ2v) is 3.82. The van der Waals surface area contributed by atoms with Crippen LogP contribution in [-0.2, 0) is 0 Å². The van der Waals surface area contributed by atoms with E-state index in [-0.39, 0.29) is 0 Å². The summed E-state index contributed by atoms with van der Waals surface area (Å²) in [5.41, 5.74) is 2.49. The molecule has 0 amide bonds. The molecule has 3 heterocycles. The van der Waals surface area contributed by atoms with E-state index < -0.39 is 0 Å². The first kappa shape index (κ1) is 9.36. The highest BCUT2D eigenvalue weighted by Gasteiger charge is 2.09. The molecule has 1 N–H and O–H groups in total. The van der Waals surface area contributed by atoms with Crippen LogP contribution in [-0.4, -0.2) is 15.0 Å². The number of H-pyrrole nitrogens is 1. The minimum atomic E-state index is 0.685. The third-order valence-electron chi connectivity index (χ3n) is 2.46. The van der Waals surface area contributed by atoms with Crippen molar-refractivity contribution in [3.05, 3.63) is 47.9 Å². The molecule has 4 heteroatoms. The van der Waals surface area contributed by atoms with E-state index in [9.17, 15) is 0 Å². The van der Waals surface area contributed by atoms with Crippen molar-refractivity contribution < 1.29 is 0 Å². The van der Waals surface area contributed by atoms with E-state index in [0.29, 0.717) is 5.02 Å². The van der Waals surface area contributed by atoms with Gasteiger partial charge in [-0.25, -0.2) is 4.98 Å². The van der Waals surface area contributed by atoms with Gasteiger partial charge >= 0.3 is 0 Å². The first-order chi connectivity index (χ1) is 7.86. The van der Waals surface area contributed by atoms with Gasteiger partial charge in [-0.3, -0.25) is 4.98 Å². The number of fused-ring (bicyclic) bond motifs is 1. The summed E-state index contributed by atoms with van der Waals surface area (Å²) in [6.45, 7) is 0. The van der Waals surface area contributed by atoms with Gasteiger partial charge in [0.05, 0.1) is 10.7 Å². The van der Waals surface area contributed by atoms with Crippen molar-refractivity contribution in [3.8, 4) is 11.3 Å². The number of hydrogen-bond acceptors (Lipinski definition) is 2. The Labute approximate surface area is 97.1 Å². The summed E-state index contributed by atoms with van der Waals surface area (Å²) in [6.07, 6.45) is 5.31. The molecule has 16 heavy (non-hydrogen) atoms. The van der Waals surface area contributed by atoms with Crippen molar-refractivity contribution >= 4 is 22.6 Å². The molecular formula is C12H8ClN3. The van der Waals surface area contributed by atoms with Crippen molar-refractivity contribution in [1.29, 1.82) is 0 Å². The molecule has 0 spiro atoms. The fourth-order valence-corrected chi connectivity index (χ4v) is 1.97. The molecule has 0 bridgehead atoms. The third kappa shape index (κ3) is 1.37. The molecule has 78 valence electrons. The maximum absolute atomic E-state index is 6.32. The number of nitrogens with zero attached hydrogens (tertiary/aromatic N) is 2. The zero-order valence-corrected chi connectivity index (χ0v) is 9.07. The maximum Gasteiger partial charge on any atom is 0.138 e. The number of aromatic amines is 1. The van der Waals surface area contributed by atoms with Gasteiger partial charge in [0.15, 0.2) is 0 Å². The van der Waals surface area contributed by atoms with E-state index in [1.165, 1.54) is 0 Å². The van der Waals surface area contributed by atoms with Crippen molar-refractivity contribution in [1.82, 2.24) is 15.0 Å². The van der Waals surface area contributed by atoms with Gasteiger partial charge in [-0.15, -0.1) is 0 Å². The summed E-state index contributed by atoms with van der Waals surface area (Å²) in [5.74, 6) is 0. The number of pyridine rings is 2. The Balaban J connectivity index is 2.28. The predicted octanol–water partition coefficient (Wildman–Crippen LogP) is 3.28. The van der Waals surface area contributed by atoms with E-state index >= 15 is 0 Å². The van der Waals surface area contributed by atoms with Gasteiger partial charge in [0.1, 0.15) is 5.65 Å². The number of rotatable bonds is 1. The summed E-state index contributed by atoms with van der Waals surface area (Å²) < 4.78 is 0. The highest BCUT2D eigenvalue weighted by atomic mass is 35.5. The summed E-state index contributed by atoms with van der Waals surface area (Å²) in [7, 11) is 0. The predicted molar refractivity (Wildman–Crippen MR) is 64.3 cm³/mol. The Morgan fingerprint density at radius 3 is 2.88 bits per heavy atom. The van der Waals surface area contributed by atoms with E-state index in [2.05, 4.69) is 15.0 Å². The normalized spacial score (nSPS) is 10.8. The number of halogens is 1. The van der Waals surface area contributed by atoms with Crippen molar-refractivity contribution in [2.75, 3.05) is 0 Å². The van der Waals surface area contributed by atoms with Crippen LogP contribution in [0.3, 0.4) is 0 Å². The van der Waals surface area contributed by atoms with Gasteiger partial charge in [0.25, 0.3) is 0 Å². The van der Waals surface area contributed by atoms with Crippen LogP contribution in [0.25, 0.3) is 22.3 Å². The maximum atomic E-state index is 6.32. The molecule has 0 aromatic carbocycles. The molecule has 3 rings (SSSR count). The molecular weight excluding hydrogens is 222 g/mol. The van der Waals surface area contributed by atoms with Crippen molar-refractivity contribution in [2.45, 2.75) is 0 Å². The lowest BCUT2D eigenvalue weighted by Crippen LogP contribution is -1.86. The second kappa shape index (κ2) is 3.61. The van der Waals surface area contributed by atoms with E-state index in [0.717, 1.165) is 22.3 Å². The quantitative estimate of drug-likeness (QED) is 0.696. The lowest BCUT2D eigenvalue weighted by molar-refractivity contribution is 1.29. The van der Waals surface area contributed by atoms with Crippen LogP contribution in [0.5, 0.6) is 0 Å². The zero-order valence-electron chi connectivity index (χ0n) is 8.31. The molecule has 3 nitrogen and oxygen atoms in total. The Hall–Kier alpha value is -1.87. The van der Waals surface area contributed by atoms with Gasteiger partial charge in [-0.05, 0) is 18.2 Å². The molecule has 0 atom stereocenters. The van der Waals surface area contributed by atoms with E-state index in [4.69, 9.17) is 11.6 Å². The fourth-order valence-electron chi connectivity index (χ4n) is 1.68. The van der Waals surface area contributed by atoms with E-state index in [1.807, 2.05) is 30.5 Å². The van der Waals surface area contributed by atoms with E-state index in [1.54, 1.807) is 12.4 Å². The van der Waals surface area contributed by atoms with Gasteiger partial charge in [0, 0.05) is 29.5 Å². The van der Waals surface area contributed by atoms with Crippen LogP contribution in [0.4, 0.5) is 0 Å². The van der Waals surface area contributed by atoms with Crippen LogP contribution in [0, 0.1) is 0 Å². The number of aromatic nitrogens is 3. The monoisotopic (exact) mass is 229 g/mol. The van der Waals surface area contributed by atoms with Crippen LogP contribution < -0.4 is 0 Å². The summed E-state index contributed by atoms with van der Waals surface area (Å²) in [5, 5.41) is 1.61. The number of hydrogen-bond donors (Lipinski definition) is 1. The van der Waals surface area contributed by atoms with Crippen molar-refractivity contribution in [3.63, 3.8) is 0 Å². The molecule has 3 aromatic heterocycles. The van der Waals surface area contributed by atoms with Crippen LogP contribution >= 0.6 is 11.6 Å². The summed E-state index contributed by atoms with van der Waals surface area (Å²) in [4.78, 5) is 11.6. The standard InChI is InChI=1S/C12H8ClN3/c13-11-8-4-6-15-12(8)16-7-9(11)10-3-1-2-5-14-10/h1-7H,(H,15,16). The van der Waals surface area contributed by atoms with Crippen LogP contribution in [0.15, 0.2) is 42.9 Å². The zero-order chi connectivity index (χ0) is 11.0. The Kier molecular flexibility index (Phi) is 2.11. The lowest BCUT2D eigenvalue weighted by atomic mass is 10.1. The molecule has 3 aromatic rings. The molecule has 0 radical (unpaired) electrons. The third-order valence-corrected chi connectivity index (χ3v) is 2.87. The van der Waals surface area contributed by atoms with Crippen LogP contribution in [0.2, 0.25) is 5.02 Å². The Bertz CT molecular complexity index is 631. The minimum absolute atomic E-state index is 0.685. The lowest BCUT2D eigenvalue weighted by Gasteiger charge is -2.03. The van der Waals surface area contributed by atoms with Crippen molar-refractivity contribution in [2.24, 2.45) is 0 Å². The van der Waals surface area contributed by atoms with Gasteiger partial charge in [0.2, 0.25) is 0 Å².